The molecule has 2 aliphatic rings. The average Bonchev–Trinajstić information content (AvgIpc) is 2.92. The molecule has 1 fully saturated rings. The number of nitrogens with one attached hydrogen (secondary N) is 1. The predicted octanol–water partition coefficient (Wildman–Crippen LogP) is 5.72. The van der Waals surface area contributed by atoms with Crippen molar-refractivity contribution in [3.8, 4) is 5.75 Å². The second-order valence-corrected chi connectivity index (χ2v) is 10.8. The number of methoxy groups -OCH3 is 1. The molecule has 2 amide bonds. The Morgan fingerprint density at radius 1 is 1.15 bits per heavy atom. The zero-order valence-corrected chi connectivity index (χ0v) is 23.8. The highest BCUT2D eigenvalue weighted by Gasteiger charge is 2.54. The van der Waals surface area contributed by atoms with E-state index in [0.29, 0.717) is 40.7 Å². The van der Waals surface area contributed by atoms with Crippen molar-refractivity contribution in [1.29, 1.82) is 0 Å². The van der Waals surface area contributed by atoms with Gasteiger partial charge in [0.2, 0.25) is 11.8 Å². The molecule has 0 unspecified atom stereocenters. The van der Waals surface area contributed by atoms with Crippen LogP contribution in [0.1, 0.15) is 50.2 Å². The number of rotatable bonds is 10. The van der Waals surface area contributed by atoms with Crippen LogP contribution in [0.4, 0.5) is 0 Å². The minimum atomic E-state index is -0.983. The van der Waals surface area contributed by atoms with Gasteiger partial charge in [-0.25, -0.2) is 0 Å². The highest BCUT2D eigenvalue weighted by atomic mass is 35.5. The lowest BCUT2D eigenvalue weighted by Gasteiger charge is -2.48. The van der Waals surface area contributed by atoms with Crippen LogP contribution in [-0.2, 0) is 32.1 Å². The molecule has 0 bridgehead atoms. The molecule has 1 saturated heterocycles. The molecule has 1 N–H and O–H groups in total. The molecule has 2 aromatic rings. The maximum atomic E-state index is 13.9. The van der Waals surface area contributed by atoms with E-state index in [4.69, 9.17) is 32.7 Å². The number of halogens is 2. The number of carbonyl (C=O) groups excluding carboxylic acids is 3. The third-order valence-electron chi connectivity index (χ3n) is 7.49. The van der Waals surface area contributed by atoms with Crippen LogP contribution in [-0.4, -0.2) is 42.9 Å². The van der Waals surface area contributed by atoms with E-state index in [9.17, 15) is 14.4 Å². The molecule has 2 aromatic carbocycles. The highest BCUT2D eigenvalue weighted by molar-refractivity contribution is 6.35. The number of amides is 2. The van der Waals surface area contributed by atoms with E-state index in [1.54, 1.807) is 37.1 Å². The van der Waals surface area contributed by atoms with Gasteiger partial charge in [-0.05, 0) is 68.4 Å². The van der Waals surface area contributed by atoms with E-state index in [-0.39, 0.29) is 43.8 Å². The van der Waals surface area contributed by atoms with Crippen molar-refractivity contribution in [2.75, 3.05) is 20.3 Å². The number of esters is 1. The summed E-state index contributed by atoms with van der Waals surface area (Å²) in [5.74, 6) is -0.707. The maximum absolute atomic E-state index is 13.9. The first kappa shape index (κ1) is 29.0. The van der Waals surface area contributed by atoms with Crippen LogP contribution < -0.4 is 10.1 Å². The zero-order chi connectivity index (χ0) is 28.0. The molecule has 39 heavy (non-hydrogen) atoms. The summed E-state index contributed by atoms with van der Waals surface area (Å²) >= 11 is 12.5. The van der Waals surface area contributed by atoms with E-state index in [1.807, 2.05) is 30.3 Å². The summed E-state index contributed by atoms with van der Waals surface area (Å²) in [6.07, 6.45) is 4.88. The molecular weight excluding hydrogens is 539 g/mol. The second-order valence-electron chi connectivity index (χ2n) is 9.96. The van der Waals surface area contributed by atoms with Crippen molar-refractivity contribution in [3.63, 3.8) is 0 Å². The Bertz CT molecular complexity index is 1260. The smallest absolute Gasteiger partial charge is 0.318 e. The standard InChI is InChI=1S/C30H34Cl2N2O5/c1-3-39-29(37)30-14-7-6-10-26(30)34(19-21-11-12-23(31)17-24(21)32)28(36)22(18-30)16-27(35)33-15-13-20-8-4-5-9-25(20)38-2/h4-5,8-12,17,22H,3,6-7,13-16,18-19H2,1-2H3,(H,33,35)/t22-,30+/m1/s1. The molecule has 2 atom stereocenters. The maximum Gasteiger partial charge on any atom is 0.318 e. The molecule has 9 heteroatoms. The quantitative estimate of drug-likeness (QED) is 0.368. The number of fused-ring (bicyclic) bond motifs is 1. The van der Waals surface area contributed by atoms with Crippen LogP contribution in [0.3, 0.4) is 0 Å². The minimum Gasteiger partial charge on any atom is -0.496 e. The highest BCUT2D eigenvalue weighted by Crippen LogP contribution is 2.50. The lowest BCUT2D eigenvalue weighted by Crippen LogP contribution is -2.54. The van der Waals surface area contributed by atoms with E-state index >= 15 is 0 Å². The van der Waals surface area contributed by atoms with Crippen molar-refractivity contribution in [1.82, 2.24) is 10.2 Å². The number of likely N-dealkylation sites (tertiary alicyclic amines) is 1. The Kier molecular flexibility index (Phi) is 9.57. The van der Waals surface area contributed by atoms with E-state index < -0.39 is 11.3 Å². The molecule has 0 radical (unpaired) electrons. The number of nitrogens with zero attached hydrogens (tertiary/aromatic N) is 1. The Hall–Kier alpha value is -3.03. The van der Waals surface area contributed by atoms with E-state index in [2.05, 4.69) is 5.32 Å². The van der Waals surface area contributed by atoms with E-state index in [0.717, 1.165) is 24.2 Å². The number of benzene rings is 2. The Balaban J connectivity index is 1.55. The van der Waals surface area contributed by atoms with Gasteiger partial charge in [0, 0.05) is 34.6 Å². The second kappa shape index (κ2) is 12.9. The topological polar surface area (TPSA) is 84.9 Å². The van der Waals surface area contributed by atoms with Gasteiger partial charge in [-0.3, -0.25) is 14.4 Å². The molecule has 1 aliphatic carbocycles. The number of ether oxygens (including phenoxy) is 2. The van der Waals surface area contributed by atoms with Gasteiger partial charge in [0.25, 0.3) is 0 Å². The Morgan fingerprint density at radius 2 is 1.95 bits per heavy atom. The largest absolute Gasteiger partial charge is 0.496 e. The van der Waals surface area contributed by atoms with Crippen LogP contribution >= 0.6 is 23.2 Å². The van der Waals surface area contributed by atoms with Crippen molar-refractivity contribution < 1.29 is 23.9 Å². The van der Waals surface area contributed by atoms with Crippen LogP contribution in [0, 0.1) is 11.3 Å². The fraction of sp³-hybridized carbons (Fsp3) is 0.433. The molecular formula is C30H34Cl2N2O5. The Labute approximate surface area is 239 Å². The summed E-state index contributed by atoms with van der Waals surface area (Å²) < 4.78 is 10.9. The van der Waals surface area contributed by atoms with Crippen molar-refractivity contribution in [3.05, 3.63) is 75.4 Å². The Morgan fingerprint density at radius 3 is 2.69 bits per heavy atom. The van der Waals surface area contributed by atoms with Crippen LogP contribution in [0.15, 0.2) is 54.2 Å². The summed E-state index contributed by atoms with van der Waals surface area (Å²) in [6.45, 7) is 2.58. The molecule has 1 aliphatic heterocycles. The third kappa shape index (κ3) is 6.42. The summed E-state index contributed by atoms with van der Waals surface area (Å²) in [7, 11) is 1.61. The summed E-state index contributed by atoms with van der Waals surface area (Å²) in [5, 5.41) is 3.87. The van der Waals surface area contributed by atoms with Gasteiger partial charge in [-0.2, -0.15) is 0 Å². The van der Waals surface area contributed by atoms with Gasteiger partial charge in [0.15, 0.2) is 0 Å². The summed E-state index contributed by atoms with van der Waals surface area (Å²) in [6, 6.07) is 12.8. The zero-order valence-electron chi connectivity index (χ0n) is 22.3. The molecule has 0 saturated carbocycles. The lowest BCUT2D eigenvalue weighted by atomic mass is 9.66. The van der Waals surface area contributed by atoms with Gasteiger partial charge in [-0.1, -0.05) is 53.5 Å². The van der Waals surface area contributed by atoms with Gasteiger partial charge >= 0.3 is 5.97 Å². The van der Waals surface area contributed by atoms with Gasteiger partial charge in [0.1, 0.15) is 11.2 Å². The van der Waals surface area contributed by atoms with Gasteiger partial charge in [0.05, 0.1) is 20.3 Å². The number of carbonyl (C=O) groups is 3. The predicted molar refractivity (Wildman–Crippen MR) is 150 cm³/mol. The normalized spacial score (nSPS) is 20.6. The minimum absolute atomic E-state index is 0.0238. The van der Waals surface area contributed by atoms with Crippen LogP contribution in [0.2, 0.25) is 10.0 Å². The summed E-state index contributed by atoms with van der Waals surface area (Å²) in [5.41, 5.74) is 1.36. The molecule has 0 spiro atoms. The molecule has 0 aromatic heterocycles. The van der Waals surface area contributed by atoms with Crippen molar-refractivity contribution in [2.45, 2.75) is 52.0 Å². The number of piperidine rings is 1. The number of allylic oxidation sites excluding steroid dienone is 1. The monoisotopic (exact) mass is 572 g/mol. The van der Waals surface area contributed by atoms with Crippen LogP contribution in [0.25, 0.3) is 0 Å². The van der Waals surface area contributed by atoms with Gasteiger partial charge < -0.3 is 19.7 Å². The third-order valence-corrected chi connectivity index (χ3v) is 8.07. The van der Waals surface area contributed by atoms with Crippen molar-refractivity contribution >= 4 is 41.0 Å². The molecule has 4 rings (SSSR count). The van der Waals surface area contributed by atoms with Crippen molar-refractivity contribution in [2.24, 2.45) is 11.3 Å². The fourth-order valence-electron chi connectivity index (χ4n) is 5.63. The van der Waals surface area contributed by atoms with Crippen LogP contribution in [0.5, 0.6) is 5.75 Å². The first-order valence-electron chi connectivity index (χ1n) is 13.3. The molecule has 7 nitrogen and oxygen atoms in total. The molecule has 208 valence electrons. The lowest BCUT2D eigenvalue weighted by molar-refractivity contribution is -0.162. The number of hydrogen-bond acceptors (Lipinski definition) is 5. The first-order valence-corrected chi connectivity index (χ1v) is 14.1. The SMILES string of the molecule is CCOC(=O)[C@]12CCCC=C1N(Cc1ccc(Cl)cc1Cl)C(=O)[C@H](CC(=O)NCCc1ccccc1OC)C2. The molecule has 1 heterocycles. The average molecular weight is 574 g/mol. The number of para-hydroxylation sites is 1. The first-order chi connectivity index (χ1) is 18.8. The van der Waals surface area contributed by atoms with E-state index in [1.165, 1.54) is 0 Å². The summed E-state index contributed by atoms with van der Waals surface area (Å²) in [4.78, 5) is 42.0. The fourth-order valence-corrected chi connectivity index (χ4v) is 6.10. The van der Waals surface area contributed by atoms with Gasteiger partial charge in [-0.15, -0.1) is 0 Å². The number of hydrogen-bond donors (Lipinski definition) is 1.